The lowest BCUT2D eigenvalue weighted by Gasteiger charge is -2.09. The van der Waals surface area contributed by atoms with E-state index in [0.29, 0.717) is 19.8 Å². The summed E-state index contributed by atoms with van der Waals surface area (Å²) in [6.45, 7) is 1.08. The van der Waals surface area contributed by atoms with E-state index in [9.17, 15) is 0 Å². The Morgan fingerprint density at radius 1 is 0.400 bits per heavy atom. The maximum Gasteiger partial charge on any atom is 0.119 e. The minimum absolute atomic E-state index is 0.00935. The number of benzene rings is 4. The van der Waals surface area contributed by atoms with Crippen molar-refractivity contribution in [3.05, 3.63) is 162 Å². The van der Waals surface area contributed by atoms with Crippen LogP contribution in [0.25, 0.3) is 90.9 Å². The van der Waals surface area contributed by atoms with Gasteiger partial charge < -0.3 is 24.5 Å². The van der Waals surface area contributed by atoms with Crippen LogP contribution in [-0.2, 0) is 4.74 Å². The maximum absolute atomic E-state index is 9.01. The molecule has 2 aliphatic heterocycles. The Labute approximate surface area is 319 Å². The normalized spacial score (nSPS) is 11.9. The van der Waals surface area contributed by atoms with Crippen LogP contribution in [0.1, 0.15) is 22.8 Å². The van der Waals surface area contributed by atoms with Gasteiger partial charge in [-0.2, -0.15) is 0 Å². The van der Waals surface area contributed by atoms with Crippen LogP contribution in [-0.4, -0.2) is 51.5 Å². The molecule has 0 fully saturated rings. The van der Waals surface area contributed by atoms with Crippen LogP contribution in [0.3, 0.4) is 0 Å². The van der Waals surface area contributed by atoms with Gasteiger partial charge in [0.25, 0.3) is 0 Å². The molecular weight excluding hydrogens is 681 g/mol. The van der Waals surface area contributed by atoms with Gasteiger partial charge in [-0.05, 0) is 83.0 Å². The molecule has 3 N–H and O–H groups in total. The Morgan fingerprint density at radius 2 is 0.764 bits per heavy atom. The molecule has 2 aliphatic rings. The molecule has 55 heavy (non-hydrogen) atoms. The van der Waals surface area contributed by atoms with Crippen molar-refractivity contribution in [3.8, 4) is 50.3 Å². The van der Waals surface area contributed by atoms with Gasteiger partial charge in [0, 0.05) is 44.3 Å². The average molecular weight is 719 g/mol. The highest BCUT2D eigenvalue weighted by Gasteiger charge is 2.19. The van der Waals surface area contributed by atoms with E-state index in [4.69, 9.17) is 24.5 Å². The topological polar surface area (TPSA) is 96.1 Å². The van der Waals surface area contributed by atoms with Crippen molar-refractivity contribution in [3.63, 3.8) is 0 Å². The van der Waals surface area contributed by atoms with Crippen LogP contribution < -0.4 is 4.74 Å². The molecular formula is C48H38N4O3. The molecule has 0 atom stereocenters. The van der Waals surface area contributed by atoms with E-state index < -0.39 is 0 Å². The van der Waals surface area contributed by atoms with Gasteiger partial charge in [-0.15, -0.1) is 0 Å². The molecule has 8 bridgehead atoms. The van der Waals surface area contributed by atoms with Gasteiger partial charge in [0.1, 0.15) is 12.4 Å². The third kappa shape index (κ3) is 6.90. The molecule has 7 nitrogen and oxygen atoms in total. The van der Waals surface area contributed by atoms with Crippen LogP contribution in [0.4, 0.5) is 0 Å². The van der Waals surface area contributed by atoms with Gasteiger partial charge in [-0.3, -0.25) is 0 Å². The van der Waals surface area contributed by atoms with Crippen molar-refractivity contribution in [2.75, 3.05) is 26.4 Å². The van der Waals surface area contributed by atoms with Gasteiger partial charge in [-0.25, -0.2) is 9.97 Å². The third-order valence-electron chi connectivity index (χ3n) is 9.82. The number of aromatic amines is 2. The van der Waals surface area contributed by atoms with E-state index in [0.717, 1.165) is 95.1 Å². The first-order valence-corrected chi connectivity index (χ1v) is 18.5. The molecule has 0 saturated heterocycles. The molecule has 7 heteroatoms. The number of aliphatic hydroxyl groups excluding tert-OH is 1. The third-order valence-corrected chi connectivity index (χ3v) is 9.82. The van der Waals surface area contributed by atoms with Crippen molar-refractivity contribution in [2.24, 2.45) is 0 Å². The second-order valence-corrected chi connectivity index (χ2v) is 13.3. The van der Waals surface area contributed by atoms with Crippen molar-refractivity contribution in [1.29, 1.82) is 0 Å². The Bertz CT molecular complexity index is 2660. The number of fused-ring (bicyclic) bond motifs is 8. The monoisotopic (exact) mass is 718 g/mol. The predicted molar refractivity (Wildman–Crippen MR) is 224 cm³/mol. The van der Waals surface area contributed by atoms with Crippen LogP contribution in [0.2, 0.25) is 0 Å². The van der Waals surface area contributed by atoms with Gasteiger partial charge in [0.05, 0.1) is 42.6 Å². The summed E-state index contributed by atoms with van der Waals surface area (Å²) in [7, 11) is 0. The molecule has 0 spiro atoms. The number of ether oxygens (including phenoxy) is 2. The lowest BCUT2D eigenvalue weighted by molar-refractivity contribution is 0.0705. The number of aromatic nitrogens is 4. The molecule has 7 aromatic rings. The van der Waals surface area contributed by atoms with E-state index >= 15 is 0 Å². The van der Waals surface area contributed by atoms with Gasteiger partial charge in [0.15, 0.2) is 0 Å². The highest BCUT2D eigenvalue weighted by Crippen LogP contribution is 2.38. The summed E-state index contributed by atoms with van der Waals surface area (Å²) in [5.74, 6) is 0.736. The molecule has 0 aliphatic carbocycles. The van der Waals surface area contributed by atoms with Crippen LogP contribution >= 0.6 is 0 Å². The number of nitrogens with one attached hydrogen (secondary N) is 2. The molecule has 0 saturated carbocycles. The molecule has 3 aromatic heterocycles. The second kappa shape index (κ2) is 15.3. The van der Waals surface area contributed by atoms with Crippen molar-refractivity contribution >= 4 is 46.4 Å². The zero-order valence-electron chi connectivity index (χ0n) is 30.1. The van der Waals surface area contributed by atoms with Crippen molar-refractivity contribution in [1.82, 2.24) is 19.9 Å². The molecule has 0 radical (unpaired) electrons. The quantitative estimate of drug-likeness (QED) is 0.122. The Kier molecular flexibility index (Phi) is 9.45. The Morgan fingerprint density at radius 3 is 1.13 bits per heavy atom. The standard InChI is InChI=1S/C48H38N4O3/c53-28-29-54-30-31-55-36-18-16-35(17-19-36)48-43-26-24-41(51-43)46(33-12-6-2-7-13-33)39-22-20-37(49-39)45(32-10-4-1-5-11-32)38-21-23-40(50-38)47(34-14-8-3-9-15-34)42-25-27-44(48)52-42/h1-27,49,52-53H,28-31H2. The second-order valence-electron chi connectivity index (χ2n) is 13.3. The van der Waals surface area contributed by atoms with E-state index in [2.05, 4.69) is 143 Å². The summed E-state index contributed by atoms with van der Waals surface area (Å²) in [6.07, 6.45) is 8.45. The molecule has 0 amide bonds. The van der Waals surface area contributed by atoms with Crippen LogP contribution in [0, 0.1) is 0 Å². The molecule has 9 rings (SSSR count). The van der Waals surface area contributed by atoms with E-state index in [1.807, 2.05) is 30.3 Å². The SMILES string of the molecule is OCCOCCOc1ccc(-c2c3nc(c(-c4ccccc4)c4ccc([nH]4)c(-c4ccccc4)c4nc(c(-c5ccccc5)c5ccc2[nH]5)C=C4)C=C3)cc1. The first-order chi connectivity index (χ1) is 27.2. The van der Waals surface area contributed by atoms with Crippen molar-refractivity contribution < 1.29 is 14.6 Å². The lowest BCUT2D eigenvalue weighted by Crippen LogP contribution is -2.09. The van der Waals surface area contributed by atoms with Crippen LogP contribution in [0.5, 0.6) is 5.75 Å². The number of aliphatic hydroxyl groups is 1. The zero-order valence-corrected chi connectivity index (χ0v) is 30.1. The summed E-state index contributed by atoms with van der Waals surface area (Å²) in [5.41, 5.74) is 15.5. The van der Waals surface area contributed by atoms with Gasteiger partial charge >= 0.3 is 0 Å². The summed E-state index contributed by atoms with van der Waals surface area (Å²) in [6, 6.07) is 47.9. The molecule has 268 valence electrons. The zero-order chi connectivity index (χ0) is 37.0. The molecule has 5 heterocycles. The smallest absolute Gasteiger partial charge is 0.119 e. The van der Waals surface area contributed by atoms with Crippen molar-refractivity contribution in [2.45, 2.75) is 0 Å². The Balaban J connectivity index is 1.35. The lowest BCUT2D eigenvalue weighted by atomic mass is 10.0. The van der Waals surface area contributed by atoms with Crippen LogP contribution in [0.15, 0.2) is 140 Å². The first kappa shape index (κ1) is 34.0. The van der Waals surface area contributed by atoms with Gasteiger partial charge in [-0.1, -0.05) is 103 Å². The summed E-state index contributed by atoms with van der Waals surface area (Å²) in [5, 5.41) is 9.01. The fourth-order valence-corrected chi connectivity index (χ4v) is 7.34. The maximum atomic E-state index is 9.01. The fourth-order valence-electron chi connectivity index (χ4n) is 7.34. The largest absolute Gasteiger partial charge is 0.491 e. The minimum Gasteiger partial charge on any atom is -0.491 e. The highest BCUT2D eigenvalue weighted by atomic mass is 16.5. The average Bonchev–Trinajstić information content (AvgIpc) is 4.08. The Hall–Kier alpha value is -6.80. The van der Waals surface area contributed by atoms with E-state index in [1.54, 1.807) is 0 Å². The minimum atomic E-state index is -0.00935. The predicted octanol–water partition coefficient (Wildman–Crippen LogP) is 10.7. The molecule has 4 aromatic carbocycles. The fraction of sp³-hybridized carbons (Fsp3) is 0.0833. The number of nitrogens with zero attached hydrogens (tertiary/aromatic N) is 2. The number of hydrogen-bond donors (Lipinski definition) is 3. The summed E-state index contributed by atoms with van der Waals surface area (Å²) < 4.78 is 11.3. The number of rotatable bonds is 10. The van der Waals surface area contributed by atoms with E-state index in [-0.39, 0.29) is 6.61 Å². The summed E-state index contributed by atoms with van der Waals surface area (Å²) in [4.78, 5) is 18.3. The number of H-pyrrole nitrogens is 2. The number of hydrogen-bond acceptors (Lipinski definition) is 5. The first-order valence-electron chi connectivity index (χ1n) is 18.5. The van der Waals surface area contributed by atoms with E-state index in [1.165, 1.54) is 0 Å². The summed E-state index contributed by atoms with van der Waals surface area (Å²) >= 11 is 0. The van der Waals surface area contributed by atoms with Gasteiger partial charge in [0.2, 0.25) is 0 Å². The molecule has 0 unspecified atom stereocenters. The highest BCUT2D eigenvalue weighted by molar-refractivity contribution is 5.99.